The van der Waals surface area contributed by atoms with E-state index in [4.69, 9.17) is 4.74 Å². The van der Waals surface area contributed by atoms with E-state index in [-0.39, 0.29) is 5.91 Å². The van der Waals surface area contributed by atoms with Crippen molar-refractivity contribution in [3.05, 3.63) is 35.9 Å². The molecule has 112 valence electrons. The number of nitrogens with zero attached hydrogens (tertiary/aromatic N) is 2. The van der Waals surface area contributed by atoms with E-state index in [2.05, 4.69) is 16.4 Å². The predicted octanol–water partition coefficient (Wildman–Crippen LogP) is 2.86. The van der Waals surface area contributed by atoms with Gasteiger partial charge in [-0.1, -0.05) is 18.2 Å². The first-order valence-electron chi connectivity index (χ1n) is 7.31. The van der Waals surface area contributed by atoms with Crippen LogP contribution in [0.25, 0.3) is 10.9 Å². The molecule has 1 amide bonds. The highest BCUT2D eigenvalue weighted by atomic mass is 16.5. The summed E-state index contributed by atoms with van der Waals surface area (Å²) in [6.45, 7) is 2.98. The molecule has 1 aromatic heterocycles. The van der Waals surface area contributed by atoms with Crippen LogP contribution in [0.1, 0.15) is 25.3 Å². The van der Waals surface area contributed by atoms with Crippen molar-refractivity contribution in [1.82, 2.24) is 4.98 Å². The van der Waals surface area contributed by atoms with Gasteiger partial charge in [-0.05, 0) is 31.9 Å². The second-order valence-corrected chi connectivity index (χ2v) is 5.86. The summed E-state index contributed by atoms with van der Waals surface area (Å²) in [7, 11) is 0. The van der Waals surface area contributed by atoms with Crippen molar-refractivity contribution in [3.63, 3.8) is 0 Å². The fourth-order valence-corrected chi connectivity index (χ4v) is 2.67. The third-order valence-corrected chi connectivity index (χ3v) is 4.06. The molecular weight excluding hydrogens is 278 g/mol. The van der Waals surface area contributed by atoms with E-state index in [1.54, 1.807) is 6.07 Å². The molecule has 0 aliphatic carbocycles. The minimum Gasteiger partial charge on any atom is -0.380 e. The number of fused-ring (bicyclic) bond motifs is 1. The van der Waals surface area contributed by atoms with Gasteiger partial charge in [0.1, 0.15) is 6.07 Å². The van der Waals surface area contributed by atoms with Crippen LogP contribution in [-0.4, -0.2) is 24.1 Å². The Kier molecular flexibility index (Phi) is 3.78. The highest BCUT2D eigenvalue weighted by Crippen LogP contribution is 2.30. The van der Waals surface area contributed by atoms with Crippen LogP contribution in [-0.2, 0) is 9.53 Å². The SMILES string of the molecule is CC1(C(=O)Nc2nc3ccccc3cc2C#N)CCCOC1. The second kappa shape index (κ2) is 5.74. The number of hydrogen-bond donors (Lipinski definition) is 1. The molecule has 2 aromatic rings. The number of nitriles is 1. The number of pyridine rings is 1. The first kappa shape index (κ1) is 14.5. The minimum absolute atomic E-state index is 0.147. The van der Waals surface area contributed by atoms with Gasteiger partial charge in [-0.15, -0.1) is 0 Å². The fourth-order valence-electron chi connectivity index (χ4n) is 2.67. The molecule has 1 aliphatic heterocycles. The van der Waals surface area contributed by atoms with Crippen molar-refractivity contribution in [2.24, 2.45) is 5.41 Å². The molecular formula is C17H17N3O2. The Morgan fingerprint density at radius 3 is 3.00 bits per heavy atom. The van der Waals surface area contributed by atoms with Crippen LogP contribution >= 0.6 is 0 Å². The monoisotopic (exact) mass is 295 g/mol. The molecule has 0 saturated carbocycles. The number of ether oxygens (including phenoxy) is 1. The molecule has 2 heterocycles. The second-order valence-electron chi connectivity index (χ2n) is 5.86. The summed E-state index contributed by atoms with van der Waals surface area (Å²) >= 11 is 0. The number of hydrogen-bond acceptors (Lipinski definition) is 4. The molecule has 1 aliphatic rings. The zero-order valence-corrected chi connectivity index (χ0v) is 12.4. The van der Waals surface area contributed by atoms with E-state index < -0.39 is 5.41 Å². The number of carbonyl (C=O) groups is 1. The van der Waals surface area contributed by atoms with Gasteiger partial charge in [0.25, 0.3) is 0 Å². The van der Waals surface area contributed by atoms with Crippen molar-refractivity contribution >= 4 is 22.6 Å². The maximum atomic E-state index is 12.6. The summed E-state index contributed by atoms with van der Waals surface area (Å²) in [4.78, 5) is 17.0. The summed E-state index contributed by atoms with van der Waals surface area (Å²) < 4.78 is 5.42. The number of benzene rings is 1. The van der Waals surface area contributed by atoms with Crippen molar-refractivity contribution < 1.29 is 9.53 Å². The molecule has 1 N–H and O–H groups in total. The Bertz CT molecular complexity index is 758. The molecule has 5 heteroatoms. The molecule has 0 bridgehead atoms. The Morgan fingerprint density at radius 1 is 1.45 bits per heavy atom. The van der Waals surface area contributed by atoms with Crippen LogP contribution < -0.4 is 5.32 Å². The normalized spacial score (nSPS) is 21.3. The summed E-state index contributed by atoms with van der Waals surface area (Å²) in [6, 6.07) is 11.4. The van der Waals surface area contributed by atoms with Crippen molar-refractivity contribution in [2.75, 3.05) is 18.5 Å². The molecule has 1 fully saturated rings. The van der Waals surface area contributed by atoms with Gasteiger partial charge in [-0.2, -0.15) is 5.26 Å². The number of anilines is 1. The minimum atomic E-state index is -0.571. The largest absolute Gasteiger partial charge is 0.380 e. The standard InChI is InChI=1S/C17H17N3O2/c1-17(7-4-8-22-11-17)16(21)20-15-13(10-18)9-12-5-2-3-6-14(12)19-15/h2-3,5-6,9H,4,7-8,11H2,1H3,(H,19,20,21). The quantitative estimate of drug-likeness (QED) is 0.924. The topological polar surface area (TPSA) is 75.0 Å². The van der Waals surface area contributed by atoms with Crippen LogP contribution in [0.2, 0.25) is 0 Å². The van der Waals surface area contributed by atoms with Gasteiger partial charge in [0.05, 0.1) is 23.1 Å². The zero-order chi connectivity index (χ0) is 15.6. The van der Waals surface area contributed by atoms with E-state index in [0.29, 0.717) is 24.6 Å². The van der Waals surface area contributed by atoms with Gasteiger partial charge >= 0.3 is 0 Å². The Balaban J connectivity index is 1.92. The lowest BCUT2D eigenvalue weighted by molar-refractivity contribution is -0.131. The van der Waals surface area contributed by atoms with Crippen molar-refractivity contribution in [1.29, 1.82) is 5.26 Å². The van der Waals surface area contributed by atoms with E-state index in [0.717, 1.165) is 23.7 Å². The number of rotatable bonds is 2. The highest BCUT2D eigenvalue weighted by Gasteiger charge is 2.36. The lowest BCUT2D eigenvalue weighted by atomic mass is 9.84. The Morgan fingerprint density at radius 2 is 2.27 bits per heavy atom. The molecule has 0 radical (unpaired) electrons. The highest BCUT2D eigenvalue weighted by molar-refractivity contribution is 5.97. The van der Waals surface area contributed by atoms with Gasteiger partial charge in [0.2, 0.25) is 5.91 Å². The number of para-hydroxylation sites is 1. The van der Waals surface area contributed by atoms with Crippen LogP contribution in [0.5, 0.6) is 0 Å². The molecule has 1 saturated heterocycles. The van der Waals surface area contributed by atoms with E-state index >= 15 is 0 Å². The first-order chi connectivity index (χ1) is 10.6. The summed E-state index contributed by atoms with van der Waals surface area (Å²) in [6.07, 6.45) is 1.63. The lowest BCUT2D eigenvalue weighted by Gasteiger charge is -2.31. The van der Waals surface area contributed by atoms with Gasteiger partial charge in [-0.25, -0.2) is 4.98 Å². The molecule has 1 aromatic carbocycles. The van der Waals surface area contributed by atoms with Crippen LogP contribution in [0.4, 0.5) is 5.82 Å². The first-order valence-corrected chi connectivity index (χ1v) is 7.31. The smallest absolute Gasteiger partial charge is 0.233 e. The Labute approximate surface area is 128 Å². The molecule has 1 atom stereocenters. The molecule has 5 nitrogen and oxygen atoms in total. The van der Waals surface area contributed by atoms with Gasteiger partial charge < -0.3 is 10.1 Å². The lowest BCUT2D eigenvalue weighted by Crippen LogP contribution is -2.40. The molecule has 1 unspecified atom stereocenters. The fraction of sp³-hybridized carbons (Fsp3) is 0.353. The van der Waals surface area contributed by atoms with Gasteiger partial charge in [-0.3, -0.25) is 4.79 Å². The number of nitrogens with one attached hydrogen (secondary N) is 1. The third kappa shape index (κ3) is 2.66. The van der Waals surface area contributed by atoms with Crippen LogP contribution in [0, 0.1) is 16.7 Å². The maximum Gasteiger partial charge on any atom is 0.233 e. The van der Waals surface area contributed by atoms with E-state index in [1.165, 1.54) is 0 Å². The average molecular weight is 295 g/mol. The summed E-state index contributed by atoms with van der Waals surface area (Å²) in [5.41, 5.74) is 0.549. The summed E-state index contributed by atoms with van der Waals surface area (Å²) in [5.74, 6) is 0.171. The predicted molar refractivity (Wildman–Crippen MR) is 83.2 cm³/mol. The van der Waals surface area contributed by atoms with Crippen molar-refractivity contribution in [2.45, 2.75) is 19.8 Å². The third-order valence-electron chi connectivity index (χ3n) is 4.06. The van der Waals surface area contributed by atoms with Gasteiger partial charge in [0, 0.05) is 12.0 Å². The number of carbonyl (C=O) groups excluding carboxylic acids is 1. The van der Waals surface area contributed by atoms with E-state index in [1.807, 2.05) is 31.2 Å². The summed E-state index contributed by atoms with van der Waals surface area (Å²) in [5, 5.41) is 13.0. The molecule has 0 spiro atoms. The average Bonchev–Trinajstić information content (AvgIpc) is 2.55. The number of aromatic nitrogens is 1. The zero-order valence-electron chi connectivity index (χ0n) is 12.4. The van der Waals surface area contributed by atoms with E-state index in [9.17, 15) is 10.1 Å². The maximum absolute atomic E-state index is 12.6. The Hall–Kier alpha value is -2.45. The van der Waals surface area contributed by atoms with Crippen LogP contribution in [0.3, 0.4) is 0 Å². The van der Waals surface area contributed by atoms with Gasteiger partial charge in [0.15, 0.2) is 5.82 Å². The van der Waals surface area contributed by atoms with Crippen molar-refractivity contribution in [3.8, 4) is 6.07 Å². The number of amides is 1. The molecule has 3 rings (SSSR count). The van der Waals surface area contributed by atoms with Crippen LogP contribution in [0.15, 0.2) is 30.3 Å². The molecule has 22 heavy (non-hydrogen) atoms.